The van der Waals surface area contributed by atoms with Gasteiger partial charge in [-0.25, -0.2) is 4.79 Å². The van der Waals surface area contributed by atoms with Crippen molar-refractivity contribution < 1.29 is 41.4 Å². The lowest BCUT2D eigenvalue weighted by Gasteiger charge is -2.27. The van der Waals surface area contributed by atoms with Crippen molar-refractivity contribution in [2.45, 2.75) is 30.7 Å². The predicted molar refractivity (Wildman–Crippen MR) is 49.6 cm³/mol. The van der Waals surface area contributed by atoms with E-state index in [4.69, 9.17) is 5.11 Å². The standard InChI is InChI=1S/C9H10F5NO4/c1-19-4-2-5(6(16)17)15(3-4)7(18)8(10,11)9(12,13)14/h4-5H,2-3H2,1H3,(H,16,17). The van der Waals surface area contributed by atoms with Crippen molar-refractivity contribution in [3.8, 4) is 0 Å². The van der Waals surface area contributed by atoms with Gasteiger partial charge in [-0.05, 0) is 0 Å². The molecular weight excluding hydrogens is 281 g/mol. The van der Waals surface area contributed by atoms with Crippen molar-refractivity contribution in [3.63, 3.8) is 0 Å². The number of aliphatic carboxylic acids is 1. The van der Waals surface area contributed by atoms with Gasteiger partial charge in [0.25, 0.3) is 0 Å². The molecule has 1 heterocycles. The minimum Gasteiger partial charge on any atom is -0.480 e. The summed E-state index contributed by atoms with van der Waals surface area (Å²) in [6.07, 6.45) is -7.31. The van der Waals surface area contributed by atoms with Crippen LogP contribution in [-0.2, 0) is 14.3 Å². The van der Waals surface area contributed by atoms with E-state index in [0.717, 1.165) is 7.11 Å². The van der Waals surface area contributed by atoms with Crippen LogP contribution in [0.4, 0.5) is 22.0 Å². The summed E-state index contributed by atoms with van der Waals surface area (Å²) in [7, 11) is 1.14. The van der Waals surface area contributed by atoms with Crippen molar-refractivity contribution in [2.75, 3.05) is 13.7 Å². The minimum absolute atomic E-state index is 0.00993. The van der Waals surface area contributed by atoms with Gasteiger partial charge in [-0.1, -0.05) is 0 Å². The number of hydrogen-bond donors (Lipinski definition) is 1. The number of carbonyl (C=O) groups excluding carboxylic acids is 1. The topological polar surface area (TPSA) is 66.8 Å². The van der Waals surface area contributed by atoms with Gasteiger partial charge in [0.1, 0.15) is 6.04 Å². The maximum absolute atomic E-state index is 12.9. The third-order valence-corrected chi connectivity index (χ3v) is 2.77. The van der Waals surface area contributed by atoms with Gasteiger partial charge in [0.15, 0.2) is 0 Å². The molecule has 2 atom stereocenters. The molecule has 1 rings (SSSR count). The molecule has 0 radical (unpaired) electrons. The van der Waals surface area contributed by atoms with Crippen LogP contribution in [0.1, 0.15) is 6.42 Å². The molecule has 0 spiro atoms. The Balaban J connectivity index is 3.00. The highest BCUT2D eigenvalue weighted by atomic mass is 19.4. The Kier molecular flexibility index (Phi) is 4.03. The zero-order chi connectivity index (χ0) is 15.0. The Hall–Kier alpha value is -1.45. The molecule has 19 heavy (non-hydrogen) atoms. The van der Waals surface area contributed by atoms with Gasteiger partial charge >= 0.3 is 24.0 Å². The van der Waals surface area contributed by atoms with Crippen molar-refractivity contribution in [1.82, 2.24) is 4.90 Å². The number of likely N-dealkylation sites (tertiary alicyclic amines) is 1. The van der Waals surface area contributed by atoms with Gasteiger partial charge in [-0.3, -0.25) is 4.79 Å². The van der Waals surface area contributed by atoms with Crippen LogP contribution in [0.25, 0.3) is 0 Å². The van der Waals surface area contributed by atoms with E-state index in [0.29, 0.717) is 0 Å². The van der Waals surface area contributed by atoms with E-state index >= 15 is 0 Å². The lowest BCUT2D eigenvalue weighted by molar-refractivity contribution is -0.274. The van der Waals surface area contributed by atoms with Crippen LogP contribution in [-0.4, -0.2) is 59.8 Å². The number of rotatable bonds is 3. The van der Waals surface area contributed by atoms with E-state index in [-0.39, 0.29) is 11.3 Å². The molecule has 1 N–H and O–H groups in total. The number of nitrogens with zero attached hydrogens (tertiary/aromatic N) is 1. The Morgan fingerprint density at radius 2 is 1.79 bits per heavy atom. The van der Waals surface area contributed by atoms with Crippen molar-refractivity contribution in [3.05, 3.63) is 0 Å². The average molecular weight is 291 g/mol. The molecule has 0 aromatic heterocycles. The van der Waals surface area contributed by atoms with E-state index in [9.17, 15) is 31.5 Å². The smallest absolute Gasteiger partial charge is 0.463 e. The van der Waals surface area contributed by atoms with Gasteiger partial charge in [0.2, 0.25) is 0 Å². The molecule has 5 nitrogen and oxygen atoms in total. The molecule has 0 bridgehead atoms. The van der Waals surface area contributed by atoms with Crippen LogP contribution in [0.2, 0.25) is 0 Å². The molecule has 1 fully saturated rings. The van der Waals surface area contributed by atoms with Gasteiger partial charge in [-0.15, -0.1) is 0 Å². The molecule has 10 heteroatoms. The molecule has 2 unspecified atom stereocenters. The van der Waals surface area contributed by atoms with Crippen molar-refractivity contribution in [1.29, 1.82) is 0 Å². The van der Waals surface area contributed by atoms with E-state index in [1.807, 2.05) is 0 Å². The Bertz CT molecular complexity index is 383. The van der Waals surface area contributed by atoms with Crippen LogP contribution >= 0.6 is 0 Å². The lowest BCUT2D eigenvalue weighted by atomic mass is 10.2. The molecule has 0 saturated carbocycles. The first-order valence-corrected chi connectivity index (χ1v) is 5.03. The first-order chi connectivity index (χ1) is 8.52. The molecule has 0 aliphatic carbocycles. The summed E-state index contributed by atoms with van der Waals surface area (Å²) in [5.41, 5.74) is 0. The maximum Gasteiger partial charge on any atom is 0.463 e. The largest absolute Gasteiger partial charge is 0.480 e. The molecule has 1 aliphatic rings. The SMILES string of the molecule is COC1CC(C(=O)O)N(C(=O)C(F)(F)C(F)(F)F)C1. The number of carbonyl (C=O) groups is 2. The number of carboxylic acids is 1. The number of halogens is 5. The molecule has 1 aliphatic heterocycles. The maximum atomic E-state index is 12.9. The predicted octanol–water partition coefficient (Wildman–Crippen LogP) is 0.885. The quantitative estimate of drug-likeness (QED) is 0.784. The summed E-state index contributed by atoms with van der Waals surface area (Å²) in [4.78, 5) is 22.0. The number of alkyl halides is 5. The number of carboxylic acid groups (broad SMARTS) is 1. The van der Waals surface area contributed by atoms with E-state index in [1.54, 1.807) is 0 Å². The zero-order valence-electron chi connectivity index (χ0n) is 9.58. The Morgan fingerprint density at radius 3 is 2.16 bits per heavy atom. The van der Waals surface area contributed by atoms with Gasteiger partial charge in [-0.2, -0.15) is 22.0 Å². The first-order valence-electron chi connectivity index (χ1n) is 5.03. The van der Waals surface area contributed by atoms with Gasteiger partial charge in [0, 0.05) is 20.1 Å². The molecular formula is C9H10F5NO4. The minimum atomic E-state index is -6.07. The fourth-order valence-electron chi connectivity index (χ4n) is 1.73. The fraction of sp³-hybridized carbons (Fsp3) is 0.778. The number of methoxy groups -OCH3 is 1. The van der Waals surface area contributed by atoms with Crippen LogP contribution in [0.5, 0.6) is 0 Å². The molecule has 1 amide bonds. The number of amides is 1. The molecule has 1 saturated heterocycles. The monoisotopic (exact) mass is 291 g/mol. The summed E-state index contributed by atoms with van der Waals surface area (Å²) in [6.45, 7) is -0.627. The van der Waals surface area contributed by atoms with Crippen LogP contribution in [0.15, 0.2) is 0 Å². The Labute approximate surface area is 103 Å². The summed E-state index contributed by atoms with van der Waals surface area (Å²) in [5, 5.41) is 8.74. The highest BCUT2D eigenvalue weighted by molar-refractivity contribution is 5.89. The van der Waals surface area contributed by atoms with E-state index in [1.165, 1.54) is 0 Å². The number of ether oxygens (including phenoxy) is 1. The van der Waals surface area contributed by atoms with Crippen LogP contribution in [0, 0.1) is 0 Å². The first kappa shape index (κ1) is 15.6. The highest BCUT2D eigenvalue weighted by Crippen LogP contribution is 2.38. The lowest BCUT2D eigenvalue weighted by Crippen LogP contribution is -2.54. The van der Waals surface area contributed by atoms with Gasteiger partial charge < -0.3 is 14.7 Å². The van der Waals surface area contributed by atoms with Crippen molar-refractivity contribution >= 4 is 11.9 Å². The third-order valence-electron chi connectivity index (χ3n) is 2.77. The highest BCUT2D eigenvalue weighted by Gasteiger charge is 2.66. The second kappa shape index (κ2) is 4.91. The van der Waals surface area contributed by atoms with Crippen LogP contribution in [0.3, 0.4) is 0 Å². The van der Waals surface area contributed by atoms with E-state index in [2.05, 4.69) is 4.74 Å². The van der Waals surface area contributed by atoms with Crippen molar-refractivity contribution in [2.24, 2.45) is 0 Å². The summed E-state index contributed by atoms with van der Waals surface area (Å²) < 4.78 is 66.7. The molecule has 0 aromatic carbocycles. The van der Waals surface area contributed by atoms with Gasteiger partial charge in [0.05, 0.1) is 6.10 Å². The zero-order valence-corrected chi connectivity index (χ0v) is 9.58. The normalized spacial score (nSPS) is 24.6. The van der Waals surface area contributed by atoms with E-state index < -0.39 is 42.7 Å². The second-order valence-electron chi connectivity index (χ2n) is 3.98. The average Bonchev–Trinajstić information content (AvgIpc) is 2.70. The summed E-state index contributed by atoms with van der Waals surface area (Å²) in [6, 6.07) is -1.76. The van der Waals surface area contributed by atoms with Crippen LogP contribution < -0.4 is 0 Å². The second-order valence-corrected chi connectivity index (χ2v) is 3.98. The fourth-order valence-corrected chi connectivity index (χ4v) is 1.73. The Morgan fingerprint density at radius 1 is 1.26 bits per heavy atom. The third kappa shape index (κ3) is 2.77. The number of hydrogen-bond acceptors (Lipinski definition) is 3. The summed E-state index contributed by atoms with van der Waals surface area (Å²) >= 11 is 0. The molecule has 110 valence electrons. The molecule has 0 aromatic rings. The summed E-state index contributed by atoms with van der Waals surface area (Å²) in [5.74, 6) is -9.86.